The highest BCUT2D eigenvalue weighted by Crippen LogP contribution is 2.20. The predicted octanol–water partition coefficient (Wildman–Crippen LogP) is -0.904. The van der Waals surface area contributed by atoms with Crippen molar-refractivity contribution in [1.82, 2.24) is 25.3 Å². The van der Waals surface area contributed by atoms with Crippen molar-refractivity contribution in [2.45, 2.75) is 25.6 Å². The highest BCUT2D eigenvalue weighted by molar-refractivity contribution is 6.04. The second-order valence-corrected chi connectivity index (χ2v) is 5.64. The van der Waals surface area contributed by atoms with Crippen molar-refractivity contribution in [3.63, 3.8) is 0 Å². The van der Waals surface area contributed by atoms with Crippen LogP contribution in [0.1, 0.15) is 13.3 Å². The van der Waals surface area contributed by atoms with E-state index in [1.165, 1.54) is 4.90 Å². The van der Waals surface area contributed by atoms with Crippen LogP contribution in [0.5, 0.6) is 0 Å². The van der Waals surface area contributed by atoms with Crippen LogP contribution >= 0.6 is 0 Å². The summed E-state index contributed by atoms with van der Waals surface area (Å²) < 4.78 is 0. The van der Waals surface area contributed by atoms with Crippen LogP contribution in [0.4, 0.5) is 4.79 Å². The molecule has 0 radical (unpaired) electrons. The lowest BCUT2D eigenvalue weighted by Gasteiger charge is -2.35. The van der Waals surface area contributed by atoms with Crippen LogP contribution in [0, 0.1) is 0 Å². The van der Waals surface area contributed by atoms with E-state index < -0.39 is 6.04 Å². The molecule has 2 aliphatic rings. The molecule has 2 saturated heterocycles. The van der Waals surface area contributed by atoms with Gasteiger partial charge in [0.05, 0.1) is 6.54 Å². The number of aliphatic imine (C=N–C) groups is 1. The molecular formula is C13H24N6O2. The Hall–Kier alpha value is -1.83. The van der Waals surface area contributed by atoms with Gasteiger partial charge in [-0.1, -0.05) is 6.92 Å². The number of fused-ring (bicyclic) bond motifs is 1. The summed E-state index contributed by atoms with van der Waals surface area (Å²) in [5.41, 5.74) is 0. The molecule has 0 aromatic heterocycles. The van der Waals surface area contributed by atoms with Crippen LogP contribution in [0.3, 0.4) is 0 Å². The molecule has 0 aromatic carbocycles. The van der Waals surface area contributed by atoms with E-state index in [1.807, 2.05) is 19.0 Å². The Labute approximate surface area is 125 Å². The summed E-state index contributed by atoms with van der Waals surface area (Å²) in [5.74, 6) is 0.437. The fourth-order valence-electron chi connectivity index (χ4n) is 2.56. The molecule has 2 heterocycles. The molecule has 2 atom stereocenters. The first-order valence-corrected chi connectivity index (χ1v) is 7.25. The number of likely N-dealkylation sites (N-methyl/N-ethyl adjacent to an activating group) is 2. The van der Waals surface area contributed by atoms with E-state index >= 15 is 0 Å². The molecule has 0 bridgehead atoms. The minimum absolute atomic E-state index is 0.262. The lowest BCUT2D eigenvalue weighted by atomic mass is 10.1. The Balaban J connectivity index is 2.19. The zero-order valence-electron chi connectivity index (χ0n) is 13.1. The number of hydrogen-bond acceptors (Lipinski definition) is 4. The normalized spacial score (nSPS) is 27.2. The van der Waals surface area contributed by atoms with Crippen LogP contribution < -0.4 is 10.6 Å². The molecule has 0 spiro atoms. The Morgan fingerprint density at radius 2 is 2.05 bits per heavy atom. The summed E-state index contributed by atoms with van der Waals surface area (Å²) in [7, 11) is 5.66. The summed E-state index contributed by atoms with van der Waals surface area (Å²) in [6, 6.07) is -0.787. The Bertz CT molecular complexity index is 450. The number of rotatable bonds is 5. The van der Waals surface area contributed by atoms with Gasteiger partial charge < -0.3 is 20.0 Å². The molecule has 2 aliphatic heterocycles. The standard InChI is InChI=1S/C13H24N6O2/c1-5-7-19-9-10(18(4)13(21)16-11(9)20)15-12(19)14-6-8-17(2)3/h9-10H,5-8H2,1-4H3,(H,14,15)(H,16,20,21). The first-order valence-electron chi connectivity index (χ1n) is 7.25. The number of carbonyl (C=O) groups is 2. The highest BCUT2D eigenvalue weighted by atomic mass is 16.2. The van der Waals surface area contributed by atoms with E-state index in [0.717, 1.165) is 19.5 Å². The topological polar surface area (TPSA) is 80.3 Å². The van der Waals surface area contributed by atoms with Crippen LogP contribution in [0.15, 0.2) is 4.99 Å². The van der Waals surface area contributed by atoms with Crippen molar-refractivity contribution < 1.29 is 9.59 Å². The minimum atomic E-state index is -0.411. The molecule has 8 heteroatoms. The number of amides is 3. The van der Waals surface area contributed by atoms with Crippen molar-refractivity contribution in [2.75, 3.05) is 40.8 Å². The number of guanidine groups is 1. The van der Waals surface area contributed by atoms with Gasteiger partial charge in [-0.15, -0.1) is 0 Å². The molecule has 8 nitrogen and oxygen atoms in total. The third kappa shape index (κ3) is 3.10. The van der Waals surface area contributed by atoms with Gasteiger partial charge in [-0.2, -0.15) is 0 Å². The zero-order chi connectivity index (χ0) is 15.6. The SMILES string of the molecule is CCCN1C(=NCCN(C)C)NC2C1C(=O)NC(=O)N2C. The van der Waals surface area contributed by atoms with Gasteiger partial charge in [0, 0.05) is 20.1 Å². The van der Waals surface area contributed by atoms with Gasteiger partial charge in [0.2, 0.25) is 0 Å². The van der Waals surface area contributed by atoms with Crippen molar-refractivity contribution in [3.8, 4) is 0 Å². The van der Waals surface area contributed by atoms with E-state index in [4.69, 9.17) is 0 Å². The largest absolute Gasteiger partial charge is 0.334 e. The highest BCUT2D eigenvalue weighted by Gasteiger charge is 2.49. The third-order valence-corrected chi connectivity index (χ3v) is 3.69. The van der Waals surface area contributed by atoms with Gasteiger partial charge in [0.25, 0.3) is 5.91 Å². The van der Waals surface area contributed by atoms with Crippen molar-refractivity contribution in [2.24, 2.45) is 4.99 Å². The second kappa shape index (κ2) is 6.30. The van der Waals surface area contributed by atoms with Gasteiger partial charge in [-0.25, -0.2) is 4.79 Å². The zero-order valence-corrected chi connectivity index (χ0v) is 13.1. The molecule has 2 unspecified atom stereocenters. The number of nitrogens with zero attached hydrogens (tertiary/aromatic N) is 4. The summed E-state index contributed by atoms with van der Waals surface area (Å²) in [6.07, 6.45) is 0.554. The minimum Gasteiger partial charge on any atom is -0.334 e. The Morgan fingerprint density at radius 1 is 1.33 bits per heavy atom. The second-order valence-electron chi connectivity index (χ2n) is 5.64. The van der Waals surface area contributed by atoms with Gasteiger partial charge in [0.1, 0.15) is 6.17 Å². The molecule has 0 aromatic rings. The quantitative estimate of drug-likeness (QED) is 0.687. The van der Waals surface area contributed by atoms with Crippen LogP contribution in [0.25, 0.3) is 0 Å². The molecule has 0 saturated carbocycles. The van der Waals surface area contributed by atoms with Gasteiger partial charge in [-0.05, 0) is 20.5 Å². The molecule has 2 N–H and O–H groups in total. The van der Waals surface area contributed by atoms with Crippen LogP contribution in [-0.2, 0) is 4.79 Å². The molecule has 3 amide bonds. The monoisotopic (exact) mass is 296 g/mol. The number of nitrogens with one attached hydrogen (secondary N) is 2. The lowest BCUT2D eigenvalue weighted by molar-refractivity contribution is -0.127. The number of hydrogen-bond donors (Lipinski definition) is 2. The number of carbonyl (C=O) groups excluding carboxylic acids is 2. The molecular weight excluding hydrogens is 272 g/mol. The van der Waals surface area contributed by atoms with Crippen molar-refractivity contribution in [3.05, 3.63) is 0 Å². The summed E-state index contributed by atoms with van der Waals surface area (Å²) in [6.45, 7) is 4.26. The molecule has 2 rings (SSSR count). The smallest absolute Gasteiger partial charge is 0.325 e. The average molecular weight is 296 g/mol. The summed E-state index contributed by atoms with van der Waals surface area (Å²) >= 11 is 0. The fourth-order valence-corrected chi connectivity index (χ4v) is 2.56. The van der Waals surface area contributed by atoms with Crippen LogP contribution in [-0.4, -0.2) is 85.6 Å². The third-order valence-electron chi connectivity index (χ3n) is 3.69. The molecule has 2 fully saturated rings. The van der Waals surface area contributed by atoms with Gasteiger partial charge in [-0.3, -0.25) is 15.1 Å². The summed E-state index contributed by atoms with van der Waals surface area (Å²) in [5, 5.41) is 5.60. The first-order chi connectivity index (χ1) is 9.95. The maximum absolute atomic E-state index is 12.1. The van der Waals surface area contributed by atoms with E-state index in [0.29, 0.717) is 12.5 Å². The predicted molar refractivity (Wildman–Crippen MR) is 79.9 cm³/mol. The summed E-state index contributed by atoms with van der Waals surface area (Å²) in [4.78, 5) is 33.9. The Kier molecular flexibility index (Phi) is 4.66. The molecule has 118 valence electrons. The number of imide groups is 1. The Morgan fingerprint density at radius 3 is 2.67 bits per heavy atom. The van der Waals surface area contributed by atoms with Crippen molar-refractivity contribution >= 4 is 17.9 Å². The first kappa shape index (κ1) is 15.6. The number of urea groups is 1. The maximum atomic E-state index is 12.1. The van der Waals surface area contributed by atoms with Gasteiger partial charge >= 0.3 is 6.03 Å². The van der Waals surface area contributed by atoms with E-state index in [2.05, 4.69) is 27.4 Å². The average Bonchev–Trinajstić information content (AvgIpc) is 2.76. The van der Waals surface area contributed by atoms with E-state index in [1.54, 1.807) is 7.05 Å². The van der Waals surface area contributed by atoms with E-state index in [-0.39, 0.29) is 18.1 Å². The van der Waals surface area contributed by atoms with Gasteiger partial charge in [0.15, 0.2) is 12.0 Å². The van der Waals surface area contributed by atoms with E-state index in [9.17, 15) is 9.59 Å². The lowest BCUT2D eigenvalue weighted by Crippen LogP contribution is -2.64. The molecule has 21 heavy (non-hydrogen) atoms. The van der Waals surface area contributed by atoms with Crippen LogP contribution in [0.2, 0.25) is 0 Å². The molecule has 0 aliphatic carbocycles. The van der Waals surface area contributed by atoms with Crippen molar-refractivity contribution in [1.29, 1.82) is 0 Å². The maximum Gasteiger partial charge on any atom is 0.325 e. The fraction of sp³-hybridized carbons (Fsp3) is 0.769.